The number of rotatable bonds is 6. The first-order chi connectivity index (χ1) is 9.51. The van der Waals surface area contributed by atoms with Crippen molar-refractivity contribution in [1.82, 2.24) is 14.3 Å². The van der Waals surface area contributed by atoms with E-state index in [1.54, 1.807) is 4.31 Å². The fourth-order valence-corrected chi connectivity index (χ4v) is 4.93. The summed E-state index contributed by atoms with van der Waals surface area (Å²) in [5, 5.41) is 3.15. The second kappa shape index (κ2) is 7.20. The highest BCUT2D eigenvalue weighted by Crippen LogP contribution is 2.29. The number of nitrogens with zero attached hydrogens (tertiary/aromatic N) is 1. The molecule has 0 radical (unpaired) electrons. The summed E-state index contributed by atoms with van der Waals surface area (Å²) in [6.07, 6.45) is 5.64. The van der Waals surface area contributed by atoms with Crippen molar-refractivity contribution in [1.29, 1.82) is 0 Å². The highest BCUT2D eigenvalue weighted by atomic mass is 32.2. The van der Waals surface area contributed by atoms with E-state index in [-0.39, 0.29) is 0 Å². The van der Waals surface area contributed by atoms with Crippen LogP contribution in [0.1, 0.15) is 39.0 Å². The number of hydrogen-bond donors (Lipinski definition) is 2. The quantitative estimate of drug-likeness (QED) is 0.775. The largest absolute Gasteiger partial charge is 0.319 e. The van der Waals surface area contributed by atoms with Crippen LogP contribution < -0.4 is 10.0 Å². The molecule has 2 fully saturated rings. The maximum atomic E-state index is 12.4. The molecule has 1 saturated heterocycles. The van der Waals surface area contributed by atoms with Crippen LogP contribution in [0.4, 0.5) is 0 Å². The van der Waals surface area contributed by atoms with Gasteiger partial charge in [-0.05, 0) is 57.0 Å². The van der Waals surface area contributed by atoms with E-state index >= 15 is 0 Å². The molecule has 118 valence electrons. The molecule has 20 heavy (non-hydrogen) atoms. The van der Waals surface area contributed by atoms with Crippen molar-refractivity contribution < 1.29 is 8.42 Å². The molecular weight excluding hydrogens is 274 g/mol. The third-order valence-electron chi connectivity index (χ3n) is 4.67. The summed E-state index contributed by atoms with van der Waals surface area (Å²) in [6.45, 7) is 5.07. The van der Waals surface area contributed by atoms with Crippen molar-refractivity contribution in [2.75, 3.05) is 33.2 Å². The van der Waals surface area contributed by atoms with Crippen LogP contribution in [0.5, 0.6) is 0 Å². The van der Waals surface area contributed by atoms with Crippen LogP contribution in [-0.4, -0.2) is 45.9 Å². The maximum Gasteiger partial charge on any atom is 0.279 e. The Bertz CT molecular complexity index is 397. The smallest absolute Gasteiger partial charge is 0.279 e. The molecule has 2 rings (SSSR count). The van der Waals surface area contributed by atoms with Gasteiger partial charge in [-0.1, -0.05) is 13.3 Å². The minimum atomic E-state index is -3.28. The van der Waals surface area contributed by atoms with E-state index < -0.39 is 10.2 Å². The first-order valence-electron chi connectivity index (χ1n) is 7.90. The van der Waals surface area contributed by atoms with E-state index in [0.717, 1.165) is 38.1 Å². The molecule has 1 aliphatic heterocycles. The lowest BCUT2D eigenvalue weighted by Gasteiger charge is -2.32. The summed E-state index contributed by atoms with van der Waals surface area (Å²) in [6, 6.07) is 0. The molecule has 2 N–H and O–H groups in total. The maximum absolute atomic E-state index is 12.4. The first kappa shape index (κ1) is 16.2. The van der Waals surface area contributed by atoms with Gasteiger partial charge in [-0.15, -0.1) is 0 Å². The average molecular weight is 303 g/mol. The second-order valence-corrected chi connectivity index (χ2v) is 8.32. The van der Waals surface area contributed by atoms with Gasteiger partial charge in [0.1, 0.15) is 0 Å². The Morgan fingerprint density at radius 2 is 1.95 bits per heavy atom. The zero-order chi connectivity index (χ0) is 14.6. The third kappa shape index (κ3) is 4.41. The van der Waals surface area contributed by atoms with Crippen LogP contribution in [0.3, 0.4) is 0 Å². The molecule has 0 amide bonds. The molecule has 6 heteroatoms. The van der Waals surface area contributed by atoms with Gasteiger partial charge in [0.05, 0.1) is 0 Å². The Kier molecular flexibility index (Phi) is 5.84. The van der Waals surface area contributed by atoms with Gasteiger partial charge in [-0.25, -0.2) is 4.72 Å². The van der Waals surface area contributed by atoms with E-state index in [2.05, 4.69) is 17.0 Å². The summed E-state index contributed by atoms with van der Waals surface area (Å²) < 4.78 is 29.2. The standard InChI is InChI=1S/C14H29N3O2S/c1-12-5-6-13(8-12)10-16-20(18,19)17-7-3-4-14(11-17)9-15-2/h12-16H,3-11H2,1-2H3. The minimum absolute atomic E-state index is 0.442. The molecule has 3 unspecified atom stereocenters. The van der Waals surface area contributed by atoms with Crippen molar-refractivity contribution in [2.24, 2.45) is 17.8 Å². The number of nitrogens with one attached hydrogen (secondary N) is 2. The topological polar surface area (TPSA) is 61.4 Å². The molecule has 0 aromatic heterocycles. The summed E-state index contributed by atoms with van der Waals surface area (Å²) in [4.78, 5) is 0. The Hall–Kier alpha value is -0.170. The van der Waals surface area contributed by atoms with E-state index in [9.17, 15) is 8.42 Å². The van der Waals surface area contributed by atoms with Crippen molar-refractivity contribution in [2.45, 2.75) is 39.0 Å². The Morgan fingerprint density at radius 1 is 1.15 bits per heavy atom. The monoisotopic (exact) mass is 303 g/mol. The lowest BCUT2D eigenvalue weighted by molar-refractivity contribution is 0.260. The lowest BCUT2D eigenvalue weighted by Crippen LogP contribution is -2.48. The molecule has 1 aliphatic carbocycles. The molecule has 2 aliphatic rings. The van der Waals surface area contributed by atoms with E-state index in [1.165, 1.54) is 6.42 Å². The molecule has 1 heterocycles. The second-order valence-electron chi connectivity index (χ2n) is 6.56. The zero-order valence-corrected chi connectivity index (χ0v) is 13.6. The molecule has 0 aromatic carbocycles. The van der Waals surface area contributed by atoms with Crippen molar-refractivity contribution in [3.8, 4) is 0 Å². The first-order valence-corrected chi connectivity index (χ1v) is 9.34. The third-order valence-corrected chi connectivity index (χ3v) is 6.22. The average Bonchev–Trinajstić information content (AvgIpc) is 2.83. The van der Waals surface area contributed by atoms with Crippen molar-refractivity contribution >= 4 is 10.2 Å². The fourth-order valence-electron chi connectivity index (χ4n) is 3.53. The zero-order valence-electron chi connectivity index (χ0n) is 12.8. The van der Waals surface area contributed by atoms with Gasteiger partial charge in [-0.3, -0.25) is 0 Å². The van der Waals surface area contributed by atoms with Gasteiger partial charge in [0.2, 0.25) is 0 Å². The predicted molar refractivity (Wildman–Crippen MR) is 81.7 cm³/mol. The van der Waals surface area contributed by atoms with Crippen LogP contribution in [0.25, 0.3) is 0 Å². The van der Waals surface area contributed by atoms with Crippen molar-refractivity contribution in [3.05, 3.63) is 0 Å². The summed E-state index contributed by atoms with van der Waals surface area (Å²) in [5.74, 6) is 1.72. The van der Waals surface area contributed by atoms with Gasteiger partial charge >= 0.3 is 0 Å². The SMILES string of the molecule is CNCC1CCCN(S(=O)(=O)NCC2CCC(C)C2)C1. The van der Waals surface area contributed by atoms with Crippen LogP contribution >= 0.6 is 0 Å². The van der Waals surface area contributed by atoms with Crippen LogP contribution in [0, 0.1) is 17.8 Å². The van der Waals surface area contributed by atoms with Gasteiger partial charge in [0.15, 0.2) is 0 Å². The normalized spacial score (nSPS) is 32.6. The molecule has 0 bridgehead atoms. The minimum Gasteiger partial charge on any atom is -0.319 e. The summed E-state index contributed by atoms with van der Waals surface area (Å²) >= 11 is 0. The number of piperidine rings is 1. The Balaban J connectivity index is 1.82. The van der Waals surface area contributed by atoms with Gasteiger partial charge in [-0.2, -0.15) is 12.7 Å². The lowest BCUT2D eigenvalue weighted by atomic mass is 10.00. The molecular formula is C14H29N3O2S. The summed E-state index contributed by atoms with van der Waals surface area (Å²) in [7, 11) is -1.36. The molecule has 0 aromatic rings. The highest BCUT2D eigenvalue weighted by molar-refractivity contribution is 7.87. The number of hydrogen-bond acceptors (Lipinski definition) is 3. The van der Waals surface area contributed by atoms with Gasteiger partial charge < -0.3 is 5.32 Å². The van der Waals surface area contributed by atoms with Crippen LogP contribution in [0.15, 0.2) is 0 Å². The molecule has 1 saturated carbocycles. The fraction of sp³-hybridized carbons (Fsp3) is 1.00. The molecule has 3 atom stereocenters. The van der Waals surface area contributed by atoms with Crippen LogP contribution in [-0.2, 0) is 10.2 Å². The van der Waals surface area contributed by atoms with Crippen molar-refractivity contribution in [3.63, 3.8) is 0 Å². The Labute approximate surface area is 123 Å². The van der Waals surface area contributed by atoms with E-state index in [1.807, 2.05) is 7.05 Å². The van der Waals surface area contributed by atoms with Gasteiger partial charge in [0, 0.05) is 19.6 Å². The van der Waals surface area contributed by atoms with Crippen LogP contribution in [0.2, 0.25) is 0 Å². The highest BCUT2D eigenvalue weighted by Gasteiger charge is 2.30. The Morgan fingerprint density at radius 3 is 2.60 bits per heavy atom. The van der Waals surface area contributed by atoms with E-state index in [4.69, 9.17) is 0 Å². The summed E-state index contributed by atoms with van der Waals surface area (Å²) in [5.41, 5.74) is 0. The molecule has 0 spiro atoms. The molecule has 5 nitrogen and oxygen atoms in total. The van der Waals surface area contributed by atoms with Gasteiger partial charge in [0.25, 0.3) is 10.2 Å². The predicted octanol–water partition coefficient (Wildman–Crippen LogP) is 1.19. The van der Waals surface area contributed by atoms with E-state index in [0.29, 0.717) is 31.5 Å².